The summed E-state index contributed by atoms with van der Waals surface area (Å²) in [7, 11) is 0. The van der Waals surface area contributed by atoms with Gasteiger partial charge in [0.25, 0.3) is 0 Å². The molecule has 0 saturated heterocycles. The SMILES string of the molecule is Cc1cccnc1-c1ccc([C@H](N(CC#N)[C@@H](CC(C)C)C(N)=O)C(F)(F)F)cc1. The van der Waals surface area contributed by atoms with Gasteiger partial charge in [-0.3, -0.25) is 14.7 Å². The van der Waals surface area contributed by atoms with E-state index in [0.29, 0.717) is 11.3 Å². The predicted octanol–water partition coefficient (Wildman–Crippen LogP) is 4.39. The van der Waals surface area contributed by atoms with Crippen LogP contribution >= 0.6 is 0 Å². The Balaban J connectivity index is 2.51. The summed E-state index contributed by atoms with van der Waals surface area (Å²) in [5, 5.41) is 9.17. The molecule has 1 aromatic carbocycles. The number of halogens is 3. The maximum absolute atomic E-state index is 14.1. The van der Waals surface area contributed by atoms with E-state index in [1.807, 2.05) is 13.0 Å². The molecule has 30 heavy (non-hydrogen) atoms. The van der Waals surface area contributed by atoms with Crippen LogP contribution in [-0.2, 0) is 4.79 Å². The van der Waals surface area contributed by atoms with Crippen molar-refractivity contribution in [2.24, 2.45) is 11.7 Å². The number of rotatable bonds is 8. The van der Waals surface area contributed by atoms with Gasteiger partial charge in [0.05, 0.1) is 24.3 Å². The minimum absolute atomic E-state index is 0.0647. The predicted molar refractivity (Wildman–Crippen MR) is 108 cm³/mol. The van der Waals surface area contributed by atoms with Crippen LogP contribution in [0.1, 0.15) is 37.4 Å². The van der Waals surface area contributed by atoms with Crippen LogP contribution in [0.5, 0.6) is 0 Å². The zero-order valence-corrected chi connectivity index (χ0v) is 17.1. The molecule has 0 aliphatic carbocycles. The number of primary amides is 1. The average Bonchev–Trinajstić information content (AvgIpc) is 2.65. The minimum atomic E-state index is -4.70. The standard InChI is InChI=1S/C22H25F3N4O/c1-14(2)13-18(21(27)30)29(12-10-26)20(22(23,24)25)17-8-6-16(7-9-17)19-15(3)5-4-11-28-19/h4-9,11,14,18,20H,12-13H2,1-3H3,(H2,27,30)/t18-,20-/m0/s1. The van der Waals surface area contributed by atoms with Gasteiger partial charge in [0.1, 0.15) is 6.04 Å². The largest absolute Gasteiger partial charge is 0.408 e. The highest BCUT2D eigenvalue weighted by Gasteiger charge is 2.47. The first kappa shape index (κ1) is 23.4. The molecule has 0 spiro atoms. The van der Waals surface area contributed by atoms with Crippen molar-refractivity contribution in [2.45, 2.75) is 45.5 Å². The van der Waals surface area contributed by atoms with Gasteiger partial charge in [-0.05, 0) is 36.5 Å². The molecule has 2 atom stereocenters. The zero-order chi connectivity index (χ0) is 22.5. The number of nitriles is 1. The number of hydrogen-bond acceptors (Lipinski definition) is 4. The quantitative estimate of drug-likeness (QED) is 0.645. The van der Waals surface area contributed by atoms with Crippen LogP contribution in [0.25, 0.3) is 11.3 Å². The normalized spacial score (nSPS) is 13.8. The summed E-state index contributed by atoms with van der Waals surface area (Å²) in [5.41, 5.74) is 7.62. The third-order valence-corrected chi connectivity index (χ3v) is 4.83. The van der Waals surface area contributed by atoms with E-state index in [1.54, 1.807) is 44.3 Å². The highest BCUT2D eigenvalue weighted by molar-refractivity contribution is 5.80. The fourth-order valence-electron chi connectivity index (χ4n) is 3.50. The number of benzene rings is 1. The molecule has 5 nitrogen and oxygen atoms in total. The van der Waals surface area contributed by atoms with E-state index in [4.69, 9.17) is 11.0 Å². The van der Waals surface area contributed by atoms with Crippen LogP contribution in [0.15, 0.2) is 42.6 Å². The van der Waals surface area contributed by atoms with Crippen LogP contribution in [0.2, 0.25) is 0 Å². The Morgan fingerprint density at radius 3 is 2.33 bits per heavy atom. The van der Waals surface area contributed by atoms with Crippen LogP contribution < -0.4 is 5.73 Å². The molecule has 2 N–H and O–H groups in total. The number of aryl methyl sites for hydroxylation is 1. The van der Waals surface area contributed by atoms with E-state index >= 15 is 0 Å². The highest BCUT2D eigenvalue weighted by atomic mass is 19.4. The molecule has 0 aliphatic heterocycles. The fraction of sp³-hybridized carbons (Fsp3) is 0.409. The molecule has 0 aliphatic rings. The molecule has 1 amide bonds. The lowest BCUT2D eigenvalue weighted by molar-refractivity contribution is -0.192. The van der Waals surface area contributed by atoms with E-state index in [9.17, 15) is 18.0 Å². The van der Waals surface area contributed by atoms with Crippen molar-refractivity contribution in [3.63, 3.8) is 0 Å². The third kappa shape index (κ3) is 5.57. The number of aromatic nitrogens is 1. The van der Waals surface area contributed by atoms with Gasteiger partial charge in [-0.25, -0.2) is 0 Å². The Kier molecular flexibility index (Phi) is 7.57. The summed E-state index contributed by atoms with van der Waals surface area (Å²) < 4.78 is 42.3. The van der Waals surface area contributed by atoms with Gasteiger partial charge >= 0.3 is 6.18 Å². The molecule has 1 heterocycles. The first-order valence-corrected chi connectivity index (χ1v) is 9.57. The molecule has 2 rings (SSSR count). The monoisotopic (exact) mass is 418 g/mol. The molecular weight excluding hydrogens is 393 g/mol. The molecule has 1 aromatic heterocycles. The van der Waals surface area contributed by atoms with Gasteiger partial charge < -0.3 is 5.73 Å². The Bertz CT molecular complexity index is 904. The van der Waals surface area contributed by atoms with E-state index in [0.717, 1.165) is 10.5 Å². The second-order valence-corrected chi connectivity index (χ2v) is 7.61. The van der Waals surface area contributed by atoms with Crippen LogP contribution in [0.3, 0.4) is 0 Å². The average molecular weight is 418 g/mol. The summed E-state index contributed by atoms with van der Waals surface area (Å²) >= 11 is 0. The molecule has 0 fully saturated rings. The summed E-state index contributed by atoms with van der Waals surface area (Å²) in [5.74, 6) is -0.957. The van der Waals surface area contributed by atoms with Gasteiger partial charge in [0.2, 0.25) is 5.91 Å². The molecule has 8 heteroatoms. The van der Waals surface area contributed by atoms with E-state index in [2.05, 4.69) is 4.98 Å². The molecule has 0 radical (unpaired) electrons. The first-order valence-electron chi connectivity index (χ1n) is 9.57. The first-order chi connectivity index (χ1) is 14.1. The molecule has 160 valence electrons. The van der Waals surface area contributed by atoms with Gasteiger partial charge in [-0.2, -0.15) is 18.4 Å². The molecule has 2 aromatic rings. The lowest BCUT2D eigenvalue weighted by Gasteiger charge is -2.37. The van der Waals surface area contributed by atoms with Crippen molar-refractivity contribution >= 4 is 5.91 Å². The van der Waals surface area contributed by atoms with Gasteiger partial charge in [0, 0.05) is 11.8 Å². The van der Waals surface area contributed by atoms with Crippen molar-refractivity contribution in [3.8, 4) is 17.3 Å². The zero-order valence-electron chi connectivity index (χ0n) is 17.1. The topological polar surface area (TPSA) is 83.0 Å². The molecule has 0 unspecified atom stereocenters. The number of nitrogens with two attached hydrogens (primary N) is 1. The molecule has 0 bridgehead atoms. The number of hydrogen-bond donors (Lipinski definition) is 1. The number of carbonyl (C=O) groups excluding carboxylic acids is 1. The number of pyridine rings is 1. The second-order valence-electron chi connectivity index (χ2n) is 7.61. The van der Waals surface area contributed by atoms with E-state index in [-0.39, 0.29) is 17.9 Å². The van der Waals surface area contributed by atoms with Gasteiger partial charge in [-0.1, -0.05) is 44.2 Å². The smallest absolute Gasteiger partial charge is 0.368 e. The maximum Gasteiger partial charge on any atom is 0.408 e. The van der Waals surface area contributed by atoms with Crippen LogP contribution in [0.4, 0.5) is 13.2 Å². The Morgan fingerprint density at radius 2 is 1.87 bits per heavy atom. The van der Waals surface area contributed by atoms with Gasteiger partial charge in [-0.15, -0.1) is 0 Å². The highest BCUT2D eigenvalue weighted by Crippen LogP contribution is 2.40. The Morgan fingerprint density at radius 1 is 1.23 bits per heavy atom. The minimum Gasteiger partial charge on any atom is -0.368 e. The van der Waals surface area contributed by atoms with E-state index < -0.39 is 30.7 Å². The van der Waals surface area contributed by atoms with Crippen molar-refractivity contribution in [1.82, 2.24) is 9.88 Å². The Hall–Kier alpha value is -2.92. The number of nitrogens with zero attached hydrogens (tertiary/aromatic N) is 3. The summed E-state index contributed by atoms with van der Waals surface area (Å²) in [6.07, 6.45) is -2.97. The summed E-state index contributed by atoms with van der Waals surface area (Å²) in [4.78, 5) is 17.1. The number of alkyl halides is 3. The molecule has 0 saturated carbocycles. The van der Waals surface area contributed by atoms with Crippen LogP contribution in [0, 0.1) is 24.2 Å². The number of amides is 1. The second kappa shape index (κ2) is 9.72. The van der Waals surface area contributed by atoms with E-state index in [1.165, 1.54) is 12.1 Å². The van der Waals surface area contributed by atoms with Crippen molar-refractivity contribution in [1.29, 1.82) is 5.26 Å². The summed E-state index contributed by atoms with van der Waals surface area (Å²) in [6, 6.07) is 7.91. The number of carbonyl (C=O) groups is 1. The fourth-order valence-corrected chi connectivity index (χ4v) is 3.50. The van der Waals surface area contributed by atoms with Crippen molar-refractivity contribution in [2.75, 3.05) is 6.54 Å². The van der Waals surface area contributed by atoms with Crippen LogP contribution in [-0.4, -0.2) is 34.6 Å². The Labute approximate surface area is 174 Å². The summed E-state index contributed by atoms with van der Waals surface area (Å²) in [6.45, 7) is 4.86. The van der Waals surface area contributed by atoms with Crippen molar-refractivity contribution in [3.05, 3.63) is 53.7 Å². The maximum atomic E-state index is 14.1. The molecular formula is C22H25F3N4O. The van der Waals surface area contributed by atoms with Gasteiger partial charge in [0.15, 0.2) is 0 Å². The lowest BCUT2D eigenvalue weighted by Crippen LogP contribution is -2.51. The lowest BCUT2D eigenvalue weighted by atomic mass is 9.95. The third-order valence-electron chi connectivity index (χ3n) is 4.83. The van der Waals surface area contributed by atoms with Crippen molar-refractivity contribution < 1.29 is 18.0 Å².